The first-order valence-corrected chi connectivity index (χ1v) is 4.45. The average molecular weight is 230 g/mol. The lowest BCUT2D eigenvalue weighted by molar-refractivity contribution is 0.415. The summed E-state index contributed by atoms with van der Waals surface area (Å²) in [5.74, 6) is 0.884. The molecular weight excluding hydrogens is 218 g/mol. The molecule has 0 aliphatic rings. The van der Waals surface area contributed by atoms with Crippen molar-refractivity contribution in [3.8, 4) is 5.75 Å². The van der Waals surface area contributed by atoms with Gasteiger partial charge in [0, 0.05) is 18.6 Å². The molecule has 12 heavy (non-hydrogen) atoms. The van der Waals surface area contributed by atoms with E-state index in [1.165, 1.54) is 0 Å². The first-order chi connectivity index (χ1) is 5.65. The minimum Gasteiger partial charge on any atom is -0.495 e. The first-order valence-electron chi connectivity index (χ1n) is 3.66. The van der Waals surface area contributed by atoms with E-state index in [2.05, 4.69) is 15.9 Å². The predicted octanol–water partition coefficient (Wildman–Crippen LogP) is 2.52. The molecule has 2 nitrogen and oxygen atoms in total. The van der Waals surface area contributed by atoms with Crippen LogP contribution in [0.5, 0.6) is 5.75 Å². The third kappa shape index (κ3) is 1.91. The van der Waals surface area contributed by atoms with Crippen LogP contribution < -0.4 is 9.64 Å². The molecule has 0 saturated heterocycles. The highest BCUT2D eigenvalue weighted by atomic mass is 79.9. The molecule has 66 valence electrons. The Morgan fingerprint density at radius 1 is 1.33 bits per heavy atom. The second kappa shape index (κ2) is 3.81. The van der Waals surface area contributed by atoms with Crippen LogP contribution in [0.1, 0.15) is 0 Å². The number of nitrogens with zero attached hydrogens (tertiary/aromatic N) is 1. The summed E-state index contributed by atoms with van der Waals surface area (Å²) in [6, 6.07) is 5.97. The quantitative estimate of drug-likeness (QED) is 0.773. The molecule has 0 saturated carbocycles. The van der Waals surface area contributed by atoms with E-state index in [4.69, 9.17) is 4.74 Å². The van der Waals surface area contributed by atoms with Gasteiger partial charge in [-0.1, -0.05) is 15.9 Å². The van der Waals surface area contributed by atoms with Crippen LogP contribution in [0.3, 0.4) is 0 Å². The molecule has 0 aromatic heterocycles. The molecule has 1 aromatic carbocycles. The highest BCUT2D eigenvalue weighted by molar-refractivity contribution is 9.10. The Morgan fingerprint density at radius 3 is 2.50 bits per heavy atom. The molecule has 1 rings (SSSR count). The van der Waals surface area contributed by atoms with E-state index in [-0.39, 0.29) is 0 Å². The summed E-state index contributed by atoms with van der Waals surface area (Å²) in [6.45, 7) is 0. The van der Waals surface area contributed by atoms with Crippen molar-refractivity contribution in [2.45, 2.75) is 0 Å². The summed E-state index contributed by atoms with van der Waals surface area (Å²) in [5.41, 5.74) is 1.08. The van der Waals surface area contributed by atoms with Gasteiger partial charge >= 0.3 is 0 Å². The molecule has 0 aliphatic heterocycles. The van der Waals surface area contributed by atoms with Crippen molar-refractivity contribution in [1.29, 1.82) is 0 Å². The number of anilines is 1. The third-order valence-corrected chi connectivity index (χ3v) is 2.12. The largest absolute Gasteiger partial charge is 0.495 e. The fourth-order valence-electron chi connectivity index (χ4n) is 1.02. The van der Waals surface area contributed by atoms with Crippen LogP contribution in [0, 0.1) is 0 Å². The topological polar surface area (TPSA) is 12.5 Å². The highest BCUT2D eigenvalue weighted by Crippen LogP contribution is 2.29. The van der Waals surface area contributed by atoms with Crippen molar-refractivity contribution in [2.75, 3.05) is 26.1 Å². The first kappa shape index (κ1) is 9.39. The van der Waals surface area contributed by atoms with Gasteiger partial charge in [0.15, 0.2) is 0 Å². The molecule has 1 aromatic rings. The van der Waals surface area contributed by atoms with E-state index in [1.54, 1.807) is 7.11 Å². The van der Waals surface area contributed by atoms with Crippen molar-refractivity contribution >= 4 is 21.6 Å². The van der Waals surface area contributed by atoms with E-state index in [0.29, 0.717) is 0 Å². The van der Waals surface area contributed by atoms with Gasteiger partial charge in [0.05, 0.1) is 12.8 Å². The molecule has 0 atom stereocenters. The van der Waals surface area contributed by atoms with Gasteiger partial charge in [0.1, 0.15) is 5.75 Å². The minimum atomic E-state index is 0.884. The fourth-order valence-corrected chi connectivity index (χ4v) is 1.36. The molecule has 0 fully saturated rings. The van der Waals surface area contributed by atoms with Gasteiger partial charge in [-0.3, -0.25) is 0 Å². The SMILES string of the molecule is COc1cc(Br)ccc1N(C)C. The Kier molecular flexibility index (Phi) is 2.98. The Hall–Kier alpha value is -0.700. The lowest BCUT2D eigenvalue weighted by Crippen LogP contribution is -2.09. The van der Waals surface area contributed by atoms with Crippen LogP contribution in [0.15, 0.2) is 22.7 Å². The van der Waals surface area contributed by atoms with Gasteiger partial charge in [-0.05, 0) is 18.2 Å². The van der Waals surface area contributed by atoms with Gasteiger partial charge in [0.2, 0.25) is 0 Å². The van der Waals surface area contributed by atoms with Crippen molar-refractivity contribution in [3.05, 3.63) is 22.7 Å². The van der Waals surface area contributed by atoms with Crippen LogP contribution in [-0.2, 0) is 0 Å². The molecule has 0 N–H and O–H groups in total. The van der Waals surface area contributed by atoms with Gasteiger partial charge in [0.25, 0.3) is 0 Å². The average Bonchev–Trinajstić information content (AvgIpc) is 2.03. The number of benzene rings is 1. The van der Waals surface area contributed by atoms with Crippen LogP contribution in [0.25, 0.3) is 0 Å². The number of methoxy groups -OCH3 is 1. The van der Waals surface area contributed by atoms with Gasteiger partial charge in [-0.25, -0.2) is 0 Å². The lowest BCUT2D eigenvalue weighted by atomic mass is 10.3. The maximum Gasteiger partial charge on any atom is 0.143 e. The Balaban J connectivity index is 3.11. The summed E-state index contributed by atoms with van der Waals surface area (Å²) >= 11 is 3.39. The van der Waals surface area contributed by atoms with Crippen LogP contribution in [0.2, 0.25) is 0 Å². The van der Waals surface area contributed by atoms with Gasteiger partial charge in [-0.15, -0.1) is 0 Å². The highest BCUT2D eigenvalue weighted by Gasteiger charge is 2.03. The number of hydrogen-bond donors (Lipinski definition) is 0. The fraction of sp³-hybridized carbons (Fsp3) is 0.333. The third-order valence-electron chi connectivity index (χ3n) is 1.62. The molecule has 0 unspecified atom stereocenters. The predicted molar refractivity (Wildman–Crippen MR) is 55.0 cm³/mol. The number of rotatable bonds is 2. The summed E-state index contributed by atoms with van der Waals surface area (Å²) in [4.78, 5) is 2.02. The summed E-state index contributed by atoms with van der Waals surface area (Å²) in [7, 11) is 5.66. The number of hydrogen-bond acceptors (Lipinski definition) is 2. The van der Waals surface area contributed by atoms with Gasteiger partial charge in [-0.2, -0.15) is 0 Å². The minimum absolute atomic E-state index is 0.884. The molecule has 0 spiro atoms. The molecule has 0 aliphatic carbocycles. The second-order valence-corrected chi connectivity index (χ2v) is 3.63. The van der Waals surface area contributed by atoms with Crippen LogP contribution in [-0.4, -0.2) is 21.2 Å². The van der Waals surface area contributed by atoms with E-state index in [0.717, 1.165) is 15.9 Å². The van der Waals surface area contributed by atoms with Crippen LogP contribution >= 0.6 is 15.9 Å². The van der Waals surface area contributed by atoms with Crippen molar-refractivity contribution < 1.29 is 4.74 Å². The Labute approximate surface area is 81.3 Å². The Bertz CT molecular complexity index is 273. The monoisotopic (exact) mass is 229 g/mol. The molecular formula is C9H12BrNO. The van der Waals surface area contributed by atoms with E-state index in [9.17, 15) is 0 Å². The second-order valence-electron chi connectivity index (χ2n) is 2.71. The number of ether oxygens (including phenoxy) is 1. The molecule has 0 heterocycles. The van der Waals surface area contributed by atoms with E-state index < -0.39 is 0 Å². The molecule has 0 bridgehead atoms. The zero-order valence-electron chi connectivity index (χ0n) is 7.47. The summed E-state index contributed by atoms with van der Waals surface area (Å²) in [5, 5.41) is 0. The standard InChI is InChI=1S/C9H12BrNO/c1-11(2)8-5-4-7(10)6-9(8)12-3/h4-6H,1-3H3. The zero-order chi connectivity index (χ0) is 9.14. The molecule has 0 radical (unpaired) electrons. The molecule has 0 amide bonds. The van der Waals surface area contributed by atoms with Gasteiger partial charge < -0.3 is 9.64 Å². The van der Waals surface area contributed by atoms with Crippen LogP contribution in [0.4, 0.5) is 5.69 Å². The maximum atomic E-state index is 5.22. The Morgan fingerprint density at radius 2 is 2.00 bits per heavy atom. The normalized spacial score (nSPS) is 9.67. The smallest absolute Gasteiger partial charge is 0.143 e. The molecule has 3 heteroatoms. The zero-order valence-corrected chi connectivity index (χ0v) is 9.05. The van der Waals surface area contributed by atoms with E-state index >= 15 is 0 Å². The van der Waals surface area contributed by atoms with Crippen molar-refractivity contribution in [2.24, 2.45) is 0 Å². The van der Waals surface area contributed by atoms with E-state index in [1.807, 2.05) is 37.2 Å². The number of halogens is 1. The van der Waals surface area contributed by atoms with Crippen molar-refractivity contribution in [3.63, 3.8) is 0 Å². The maximum absolute atomic E-state index is 5.22. The summed E-state index contributed by atoms with van der Waals surface area (Å²) in [6.07, 6.45) is 0. The lowest BCUT2D eigenvalue weighted by Gasteiger charge is -2.16. The van der Waals surface area contributed by atoms with Crippen molar-refractivity contribution in [1.82, 2.24) is 0 Å². The summed E-state index contributed by atoms with van der Waals surface area (Å²) < 4.78 is 6.25.